The maximum absolute atomic E-state index is 11.7. The van der Waals surface area contributed by atoms with E-state index in [0.29, 0.717) is 18.4 Å². The molecule has 0 spiro atoms. The molecule has 0 aromatic heterocycles. The summed E-state index contributed by atoms with van der Waals surface area (Å²) in [5.74, 6) is 0.924. The van der Waals surface area contributed by atoms with Gasteiger partial charge >= 0.3 is 0 Å². The van der Waals surface area contributed by atoms with E-state index in [0.717, 1.165) is 52.1 Å². The van der Waals surface area contributed by atoms with Crippen molar-refractivity contribution >= 4 is 5.91 Å². The molecule has 0 aliphatic carbocycles. The minimum Gasteiger partial charge on any atom is -0.382 e. The smallest absolute Gasteiger partial charge is 0.220 e. The Morgan fingerprint density at radius 2 is 2.05 bits per heavy atom. The third-order valence-corrected chi connectivity index (χ3v) is 3.34. The van der Waals surface area contributed by atoms with Gasteiger partial charge < -0.3 is 10.1 Å². The lowest BCUT2D eigenvalue weighted by molar-refractivity contribution is -0.123. The fourth-order valence-corrected chi connectivity index (χ4v) is 2.44. The highest BCUT2D eigenvalue weighted by molar-refractivity contribution is 5.76. The second kappa shape index (κ2) is 9.32. The van der Waals surface area contributed by atoms with E-state index in [1.54, 1.807) is 0 Å². The Morgan fingerprint density at radius 3 is 2.68 bits per heavy atom. The predicted molar refractivity (Wildman–Crippen MR) is 78.2 cm³/mol. The Labute approximate surface area is 117 Å². The summed E-state index contributed by atoms with van der Waals surface area (Å²) in [6.45, 7) is 11.3. The van der Waals surface area contributed by atoms with E-state index in [4.69, 9.17) is 4.74 Å². The first kappa shape index (κ1) is 16.4. The van der Waals surface area contributed by atoms with Crippen molar-refractivity contribution in [1.82, 2.24) is 10.2 Å². The van der Waals surface area contributed by atoms with E-state index in [1.165, 1.54) is 0 Å². The number of nitrogens with zero attached hydrogens (tertiary/aromatic N) is 1. The summed E-state index contributed by atoms with van der Waals surface area (Å²) < 4.78 is 5.27. The number of nitrogens with one attached hydrogen (secondary N) is 1. The van der Waals surface area contributed by atoms with Crippen LogP contribution in [0.25, 0.3) is 0 Å². The van der Waals surface area contributed by atoms with Crippen molar-refractivity contribution < 1.29 is 9.53 Å². The van der Waals surface area contributed by atoms with Gasteiger partial charge in [0.1, 0.15) is 0 Å². The third kappa shape index (κ3) is 7.53. The topological polar surface area (TPSA) is 41.6 Å². The summed E-state index contributed by atoms with van der Waals surface area (Å²) in [6, 6.07) is 0.384. The predicted octanol–water partition coefficient (Wildman–Crippen LogP) is 2.04. The average Bonchev–Trinajstić information content (AvgIpc) is 2.30. The second-order valence-electron chi connectivity index (χ2n) is 5.88. The Balaban J connectivity index is 1.92. The van der Waals surface area contributed by atoms with Crippen LogP contribution in [-0.2, 0) is 9.53 Å². The molecule has 0 bridgehead atoms. The van der Waals surface area contributed by atoms with Gasteiger partial charge in [0.05, 0.1) is 6.04 Å². The van der Waals surface area contributed by atoms with Crippen LogP contribution in [0.4, 0.5) is 0 Å². The number of hydrogen-bond donors (Lipinski definition) is 1. The van der Waals surface area contributed by atoms with Crippen molar-refractivity contribution in [3.63, 3.8) is 0 Å². The van der Waals surface area contributed by atoms with Crippen LogP contribution in [0.1, 0.15) is 46.5 Å². The molecule has 1 rings (SSSR count). The zero-order chi connectivity index (χ0) is 14.1. The van der Waals surface area contributed by atoms with E-state index in [-0.39, 0.29) is 5.91 Å². The highest BCUT2D eigenvalue weighted by Gasteiger charge is 2.27. The van der Waals surface area contributed by atoms with E-state index in [9.17, 15) is 4.79 Å². The van der Waals surface area contributed by atoms with Crippen molar-refractivity contribution in [2.24, 2.45) is 5.92 Å². The van der Waals surface area contributed by atoms with E-state index >= 15 is 0 Å². The SMILES string of the molecule is CCOCCCCCC(=O)NC1CN(CC(C)C)C1. The van der Waals surface area contributed by atoms with Crippen molar-refractivity contribution in [1.29, 1.82) is 0 Å². The van der Waals surface area contributed by atoms with Gasteiger partial charge in [-0.2, -0.15) is 0 Å². The second-order valence-corrected chi connectivity index (χ2v) is 5.88. The molecule has 4 heteroatoms. The lowest BCUT2D eigenvalue weighted by Gasteiger charge is -2.40. The van der Waals surface area contributed by atoms with Crippen LogP contribution in [0, 0.1) is 5.92 Å². The fourth-order valence-electron chi connectivity index (χ4n) is 2.44. The lowest BCUT2D eigenvalue weighted by atomic mass is 10.1. The number of hydrogen-bond acceptors (Lipinski definition) is 3. The standard InChI is InChI=1S/C15H30N2O2/c1-4-19-9-7-5-6-8-15(18)16-14-11-17(12-14)10-13(2)3/h13-14H,4-12H2,1-3H3,(H,16,18). The summed E-state index contributed by atoms with van der Waals surface area (Å²) in [5, 5.41) is 3.11. The maximum atomic E-state index is 11.7. The molecule has 0 unspecified atom stereocenters. The molecule has 1 fully saturated rings. The lowest BCUT2D eigenvalue weighted by Crippen LogP contribution is -2.59. The molecule has 1 heterocycles. The van der Waals surface area contributed by atoms with Crippen molar-refractivity contribution in [3.8, 4) is 0 Å². The van der Waals surface area contributed by atoms with E-state index in [2.05, 4.69) is 24.1 Å². The number of likely N-dealkylation sites (tertiary alicyclic amines) is 1. The molecule has 0 radical (unpaired) electrons. The quantitative estimate of drug-likeness (QED) is 0.618. The molecule has 1 saturated heterocycles. The highest BCUT2D eigenvalue weighted by Crippen LogP contribution is 2.11. The average molecular weight is 270 g/mol. The third-order valence-electron chi connectivity index (χ3n) is 3.34. The Morgan fingerprint density at radius 1 is 1.32 bits per heavy atom. The van der Waals surface area contributed by atoms with Crippen LogP contribution in [-0.4, -0.2) is 49.7 Å². The number of unbranched alkanes of at least 4 members (excludes halogenated alkanes) is 2. The van der Waals surface area contributed by atoms with Crippen LogP contribution < -0.4 is 5.32 Å². The van der Waals surface area contributed by atoms with Crippen LogP contribution in [0.3, 0.4) is 0 Å². The summed E-state index contributed by atoms with van der Waals surface area (Å²) in [6.07, 6.45) is 3.78. The molecule has 0 saturated carbocycles. The number of carbonyl (C=O) groups is 1. The van der Waals surface area contributed by atoms with Gasteiger partial charge in [0, 0.05) is 39.3 Å². The molecule has 1 aliphatic heterocycles. The van der Waals surface area contributed by atoms with Crippen LogP contribution in [0.5, 0.6) is 0 Å². The van der Waals surface area contributed by atoms with Gasteiger partial charge in [-0.3, -0.25) is 9.69 Å². The van der Waals surface area contributed by atoms with Gasteiger partial charge in [-0.05, 0) is 25.7 Å². The zero-order valence-electron chi connectivity index (χ0n) is 12.8. The van der Waals surface area contributed by atoms with E-state index in [1.807, 2.05) is 6.92 Å². The monoisotopic (exact) mass is 270 g/mol. The molecule has 0 aromatic rings. The number of carbonyl (C=O) groups excluding carboxylic acids is 1. The van der Waals surface area contributed by atoms with Gasteiger partial charge in [0.15, 0.2) is 0 Å². The summed E-state index contributed by atoms with van der Waals surface area (Å²) in [4.78, 5) is 14.1. The Bertz CT molecular complexity index is 251. The number of amides is 1. The molecular weight excluding hydrogens is 240 g/mol. The van der Waals surface area contributed by atoms with Gasteiger partial charge in [-0.1, -0.05) is 20.3 Å². The van der Waals surface area contributed by atoms with Gasteiger partial charge in [0.2, 0.25) is 5.91 Å². The molecular formula is C15H30N2O2. The molecule has 112 valence electrons. The molecule has 0 aromatic carbocycles. The van der Waals surface area contributed by atoms with Crippen molar-refractivity contribution in [2.45, 2.75) is 52.5 Å². The van der Waals surface area contributed by atoms with Crippen LogP contribution >= 0.6 is 0 Å². The molecule has 4 nitrogen and oxygen atoms in total. The molecule has 1 aliphatic rings. The summed E-state index contributed by atoms with van der Waals surface area (Å²) in [7, 11) is 0. The van der Waals surface area contributed by atoms with Gasteiger partial charge in [-0.15, -0.1) is 0 Å². The first-order valence-electron chi connectivity index (χ1n) is 7.71. The molecule has 1 amide bonds. The fraction of sp³-hybridized carbons (Fsp3) is 0.933. The van der Waals surface area contributed by atoms with Crippen LogP contribution in [0.15, 0.2) is 0 Å². The highest BCUT2D eigenvalue weighted by atomic mass is 16.5. The molecule has 19 heavy (non-hydrogen) atoms. The number of ether oxygens (including phenoxy) is 1. The first-order valence-corrected chi connectivity index (χ1v) is 7.71. The van der Waals surface area contributed by atoms with E-state index < -0.39 is 0 Å². The van der Waals surface area contributed by atoms with Crippen LogP contribution in [0.2, 0.25) is 0 Å². The minimum absolute atomic E-state index is 0.214. The van der Waals surface area contributed by atoms with Gasteiger partial charge in [0.25, 0.3) is 0 Å². The summed E-state index contributed by atoms with van der Waals surface area (Å²) >= 11 is 0. The normalized spacial score (nSPS) is 16.6. The largest absolute Gasteiger partial charge is 0.382 e. The Hall–Kier alpha value is -0.610. The zero-order valence-corrected chi connectivity index (χ0v) is 12.8. The first-order chi connectivity index (χ1) is 9.11. The van der Waals surface area contributed by atoms with Crippen molar-refractivity contribution in [3.05, 3.63) is 0 Å². The number of rotatable bonds is 10. The minimum atomic E-state index is 0.214. The summed E-state index contributed by atoms with van der Waals surface area (Å²) in [5.41, 5.74) is 0. The molecule has 1 N–H and O–H groups in total. The maximum Gasteiger partial charge on any atom is 0.220 e. The van der Waals surface area contributed by atoms with Gasteiger partial charge in [-0.25, -0.2) is 0 Å². The Kier molecular flexibility index (Phi) is 8.07. The molecule has 0 atom stereocenters. The van der Waals surface area contributed by atoms with Crippen molar-refractivity contribution in [2.75, 3.05) is 32.8 Å².